The van der Waals surface area contributed by atoms with Crippen molar-refractivity contribution in [2.24, 2.45) is 11.8 Å². The highest BCUT2D eigenvalue weighted by molar-refractivity contribution is 5.71. The summed E-state index contributed by atoms with van der Waals surface area (Å²) in [6, 6.07) is 10.6. The summed E-state index contributed by atoms with van der Waals surface area (Å²) in [5.41, 5.74) is 3.57. The van der Waals surface area contributed by atoms with E-state index in [2.05, 4.69) is 22.1 Å². The van der Waals surface area contributed by atoms with E-state index in [0.717, 1.165) is 42.6 Å². The Morgan fingerprint density at radius 3 is 2.65 bits per heavy atom. The number of carbonyl (C=O) groups is 1. The monoisotopic (exact) mass is 462 g/mol. The average molecular weight is 463 g/mol. The lowest BCUT2D eigenvalue weighted by atomic mass is 9.82. The molecular weight excluding hydrogens is 435 g/mol. The van der Waals surface area contributed by atoms with E-state index >= 15 is 0 Å². The molecule has 2 unspecified atom stereocenters. The summed E-state index contributed by atoms with van der Waals surface area (Å²) in [5, 5.41) is 9.59. The minimum Gasteiger partial charge on any atom is -0.497 e. The van der Waals surface area contributed by atoms with E-state index in [1.54, 1.807) is 31.5 Å². The van der Waals surface area contributed by atoms with E-state index in [-0.39, 0.29) is 17.8 Å². The first-order valence-corrected chi connectivity index (χ1v) is 11.6. The van der Waals surface area contributed by atoms with Crippen LogP contribution in [0.1, 0.15) is 55.0 Å². The lowest BCUT2D eigenvalue weighted by Gasteiger charge is -2.28. The van der Waals surface area contributed by atoms with Gasteiger partial charge in [-0.1, -0.05) is 19.1 Å². The van der Waals surface area contributed by atoms with E-state index in [9.17, 15) is 14.3 Å². The van der Waals surface area contributed by atoms with E-state index in [1.807, 2.05) is 6.07 Å². The fraction of sp³-hybridized carbons (Fsp3) is 0.370. The lowest BCUT2D eigenvalue weighted by molar-refractivity contribution is -0.142. The number of halogens is 1. The van der Waals surface area contributed by atoms with Crippen molar-refractivity contribution in [2.45, 2.75) is 44.6 Å². The van der Waals surface area contributed by atoms with E-state index < -0.39 is 11.9 Å². The SMILES string of the molecule is COc1ccc(F)c(-c2cnc(C3CCc4ccc(C(C5CC5)[C@H](C)C(=O)O)cc4O3)cn2)c1. The molecule has 0 saturated heterocycles. The molecule has 0 bridgehead atoms. The van der Waals surface area contributed by atoms with Gasteiger partial charge in [-0.3, -0.25) is 14.8 Å². The average Bonchev–Trinajstić information content (AvgIpc) is 3.69. The summed E-state index contributed by atoms with van der Waals surface area (Å²) in [6.45, 7) is 1.79. The molecule has 6 nitrogen and oxygen atoms in total. The number of rotatable bonds is 7. The molecule has 1 fully saturated rings. The van der Waals surface area contributed by atoms with Gasteiger partial charge in [-0.25, -0.2) is 4.39 Å². The van der Waals surface area contributed by atoms with Gasteiger partial charge < -0.3 is 14.6 Å². The molecule has 1 saturated carbocycles. The van der Waals surface area contributed by atoms with Crippen LogP contribution in [-0.2, 0) is 11.2 Å². The first kappa shape index (κ1) is 22.3. The fourth-order valence-corrected chi connectivity index (χ4v) is 4.85. The first-order chi connectivity index (χ1) is 16.4. The first-order valence-electron chi connectivity index (χ1n) is 11.6. The second-order valence-corrected chi connectivity index (χ2v) is 9.17. The van der Waals surface area contributed by atoms with E-state index in [1.165, 1.54) is 13.2 Å². The largest absolute Gasteiger partial charge is 0.497 e. The van der Waals surface area contributed by atoms with Crippen LogP contribution in [0.3, 0.4) is 0 Å². The third-order valence-corrected chi connectivity index (χ3v) is 6.93. The summed E-state index contributed by atoms with van der Waals surface area (Å²) in [4.78, 5) is 20.6. The summed E-state index contributed by atoms with van der Waals surface area (Å²) < 4.78 is 25.8. The Bertz CT molecular complexity index is 1210. The van der Waals surface area contributed by atoms with Crippen LogP contribution in [-0.4, -0.2) is 28.2 Å². The molecule has 2 heterocycles. The van der Waals surface area contributed by atoms with Crippen LogP contribution in [0.15, 0.2) is 48.8 Å². The summed E-state index contributed by atoms with van der Waals surface area (Å²) in [5.74, 6) is 0.131. The van der Waals surface area contributed by atoms with Crippen molar-refractivity contribution < 1.29 is 23.8 Å². The number of carboxylic acid groups (broad SMARTS) is 1. The third kappa shape index (κ3) is 4.34. The molecule has 0 amide bonds. The number of aromatic nitrogens is 2. The van der Waals surface area contributed by atoms with Gasteiger partial charge in [-0.05, 0) is 72.9 Å². The zero-order chi connectivity index (χ0) is 23.8. The number of carboxylic acids is 1. The maximum absolute atomic E-state index is 14.3. The molecule has 5 rings (SSSR count). The minimum atomic E-state index is -0.767. The Morgan fingerprint density at radius 1 is 1.15 bits per heavy atom. The number of methoxy groups -OCH3 is 1. The molecule has 2 aromatic carbocycles. The van der Waals surface area contributed by atoms with Crippen LogP contribution in [0, 0.1) is 17.7 Å². The molecule has 3 atom stereocenters. The van der Waals surface area contributed by atoms with Crippen LogP contribution in [0.2, 0.25) is 0 Å². The van der Waals surface area contributed by atoms with Crippen molar-refractivity contribution >= 4 is 5.97 Å². The van der Waals surface area contributed by atoms with Crippen molar-refractivity contribution in [2.75, 3.05) is 7.11 Å². The summed E-state index contributed by atoms with van der Waals surface area (Å²) in [7, 11) is 1.53. The normalized spacial score (nSPS) is 19.0. The number of ether oxygens (including phenoxy) is 2. The minimum absolute atomic E-state index is 0.0105. The Labute approximate surface area is 197 Å². The van der Waals surface area contributed by atoms with Crippen molar-refractivity contribution in [3.63, 3.8) is 0 Å². The Morgan fingerprint density at radius 2 is 1.97 bits per heavy atom. The number of aliphatic carboxylic acids is 1. The molecule has 2 aliphatic rings. The third-order valence-electron chi connectivity index (χ3n) is 6.93. The van der Waals surface area contributed by atoms with Gasteiger partial charge in [0.2, 0.25) is 0 Å². The predicted molar refractivity (Wildman–Crippen MR) is 124 cm³/mol. The van der Waals surface area contributed by atoms with Crippen LogP contribution in [0.25, 0.3) is 11.3 Å². The molecule has 1 aliphatic heterocycles. The van der Waals surface area contributed by atoms with Crippen LogP contribution < -0.4 is 9.47 Å². The van der Waals surface area contributed by atoms with Crippen LogP contribution in [0.5, 0.6) is 11.5 Å². The number of benzene rings is 2. The standard InChI is InChI=1S/C27H27FN2O4/c1-15(27(31)32)26(17-4-5-17)18-6-3-16-7-10-24(34-25(16)11-18)23-14-29-22(13-30-23)20-12-19(33-2)8-9-21(20)28/h3,6,8-9,11-15,17,24,26H,4-5,7,10H2,1-2H3,(H,31,32)/t15-,24?,26?/m0/s1. The predicted octanol–water partition coefficient (Wildman–Crippen LogP) is 5.57. The van der Waals surface area contributed by atoms with Crippen molar-refractivity contribution in [1.29, 1.82) is 0 Å². The van der Waals surface area contributed by atoms with Crippen molar-refractivity contribution in [1.82, 2.24) is 9.97 Å². The maximum atomic E-state index is 14.3. The fourth-order valence-electron chi connectivity index (χ4n) is 4.85. The second kappa shape index (κ2) is 9.05. The molecule has 1 aromatic heterocycles. The summed E-state index contributed by atoms with van der Waals surface area (Å²) >= 11 is 0. The zero-order valence-electron chi connectivity index (χ0n) is 19.2. The van der Waals surface area contributed by atoms with Gasteiger partial charge in [0.25, 0.3) is 0 Å². The number of hydrogen-bond acceptors (Lipinski definition) is 5. The van der Waals surface area contributed by atoms with Gasteiger partial charge in [-0.2, -0.15) is 0 Å². The number of nitrogens with zero attached hydrogens (tertiary/aromatic N) is 2. The molecular formula is C27H27FN2O4. The molecule has 34 heavy (non-hydrogen) atoms. The molecule has 7 heteroatoms. The topological polar surface area (TPSA) is 81.5 Å². The van der Waals surface area contributed by atoms with Crippen molar-refractivity contribution in [3.05, 3.63) is 71.4 Å². The highest BCUT2D eigenvalue weighted by Gasteiger charge is 2.39. The van der Waals surface area contributed by atoms with E-state index in [4.69, 9.17) is 9.47 Å². The Balaban J connectivity index is 1.37. The number of hydrogen-bond donors (Lipinski definition) is 1. The van der Waals surface area contributed by atoms with Gasteiger partial charge >= 0.3 is 5.97 Å². The zero-order valence-corrected chi connectivity index (χ0v) is 19.2. The highest BCUT2D eigenvalue weighted by Crippen LogP contribution is 2.48. The molecule has 0 spiro atoms. The van der Waals surface area contributed by atoms with Crippen LogP contribution in [0.4, 0.5) is 4.39 Å². The Kier molecular flexibility index (Phi) is 5.94. The second-order valence-electron chi connectivity index (χ2n) is 9.17. The molecule has 1 aliphatic carbocycles. The maximum Gasteiger partial charge on any atom is 0.306 e. The number of aryl methyl sites for hydroxylation is 1. The highest BCUT2D eigenvalue weighted by atomic mass is 19.1. The van der Waals surface area contributed by atoms with Crippen LogP contribution >= 0.6 is 0 Å². The van der Waals surface area contributed by atoms with Gasteiger partial charge in [0.15, 0.2) is 0 Å². The van der Waals surface area contributed by atoms with Gasteiger partial charge in [0, 0.05) is 5.56 Å². The lowest BCUT2D eigenvalue weighted by Crippen LogP contribution is -2.21. The van der Waals surface area contributed by atoms with Gasteiger partial charge in [0.1, 0.15) is 23.4 Å². The van der Waals surface area contributed by atoms with Crippen molar-refractivity contribution in [3.8, 4) is 22.8 Å². The van der Waals surface area contributed by atoms with Gasteiger partial charge in [0.05, 0.1) is 36.8 Å². The molecule has 3 aromatic rings. The summed E-state index contributed by atoms with van der Waals surface area (Å²) in [6.07, 6.45) is 6.64. The smallest absolute Gasteiger partial charge is 0.306 e. The molecule has 0 radical (unpaired) electrons. The van der Waals surface area contributed by atoms with E-state index in [0.29, 0.717) is 28.6 Å². The Hall–Kier alpha value is -3.48. The quantitative estimate of drug-likeness (QED) is 0.494. The molecule has 1 N–H and O–H groups in total. The van der Waals surface area contributed by atoms with Gasteiger partial charge in [-0.15, -0.1) is 0 Å². The number of fused-ring (bicyclic) bond motifs is 1. The molecule has 176 valence electrons.